The molecule has 0 radical (unpaired) electrons. The molecule has 3 aliphatic carbocycles. The van der Waals surface area contributed by atoms with E-state index in [1.54, 1.807) is 6.33 Å². The molecule has 0 saturated heterocycles. The molecule has 1 aliphatic heterocycles. The van der Waals surface area contributed by atoms with Gasteiger partial charge in [0.15, 0.2) is 0 Å². The monoisotopic (exact) mass is 395 g/mol. The molecule has 2 heterocycles. The Balaban J connectivity index is 1.41. The highest BCUT2D eigenvalue weighted by molar-refractivity contribution is 5.98. The minimum absolute atomic E-state index is 0.0755. The number of H-pyrrole nitrogens is 1. The maximum atomic E-state index is 13.6. The van der Waals surface area contributed by atoms with Crippen molar-refractivity contribution in [3.8, 4) is 0 Å². The van der Waals surface area contributed by atoms with E-state index in [2.05, 4.69) is 42.6 Å². The molecule has 0 aromatic carbocycles. The molecular formula is C25H37N3O. The average Bonchev–Trinajstić information content (AvgIpc) is 3.27. The highest BCUT2D eigenvalue weighted by Gasteiger charge is 2.61. The van der Waals surface area contributed by atoms with Crippen LogP contribution in [0, 0.1) is 28.1 Å². The van der Waals surface area contributed by atoms with Crippen LogP contribution in [0.1, 0.15) is 78.3 Å². The first kappa shape index (κ1) is 19.4. The van der Waals surface area contributed by atoms with E-state index >= 15 is 0 Å². The molecule has 1 amide bonds. The van der Waals surface area contributed by atoms with Crippen LogP contribution in [0.2, 0.25) is 0 Å². The first-order chi connectivity index (χ1) is 13.8. The predicted molar refractivity (Wildman–Crippen MR) is 115 cm³/mol. The molecule has 4 aliphatic rings. The number of carbonyl (C=O) groups excluding carboxylic acids is 1. The van der Waals surface area contributed by atoms with Crippen molar-refractivity contribution in [1.82, 2.24) is 14.9 Å². The summed E-state index contributed by atoms with van der Waals surface area (Å²) in [6, 6.07) is 0. The third-order valence-electron chi connectivity index (χ3n) is 9.54. The summed E-state index contributed by atoms with van der Waals surface area (Å²) in [5.74, 6) is 1.80. The molecule has 2 saturated carbocycles. The molecule has 1 aromatic heterocycles. The van der Waals surface area contributed by atoms with Crippen LogP contribution in [0.4, 0.5) is 0 Å². The number of hydrogen-bond donors (Lipinski definition) is 1. The van der Waals surface area contributed by atoms with E-state index in [1.807, 2.05) is 6.20 Å². The number of rotatable bonds is 3. The average molecular weight is 396 g/mol. The number of aromatic amines is 1. The lowest BCUT2D eigenvalue weighted by molar-refractivity contribution is -0.136. The van der Waals surface area contributed by atoms with Gasteiger partial charge in [-0.05, 0) is 66.8 Å². The quantitative estimate of drug-likeness (QED) is 0.771. The number of nitrogens with one attached hydrogen (secondary N) is 1. The smallest absolute Gasteiger partial charge is 0.250 e. The number of imidazole rings is 1. The molecule has 4 heteroatoms. The van der Waals surface area contributed by atoms with Gasteiger partial charge in [-0.2, -0.15) is 0 Å². The van der Waals surface area contributed by atoms with Crippen LogP contribution in [0.25, 0.3) is 0 Å². The van der Waals surface area contributed by atoms with E-state index < -0.39 is 0 Å². The molecule has 4 atom stereocenters. The standard InChI is InChI=1S/C25H37N3O/c1-23(2)10-5-11-24(3)19(23)8-12-25(4)20(24)7-6-17-15-28(22(29)21(17)25)13-9-18-14-26-16-27-18/h14,16,19-20H,5-13,15H2,1-4H3,(H,26,27)/t19-,20+,24-,25+/m0/s1. The van der Waals surface area contributed by atoms with E-state index in [0.717, 1.165) is 37.5 Å². The lowest BCUT2D eigenvalue weighted by Gasteiger charge is -2.64. The second-order valence-electron chi connectivity index (χ2n) is 11.5. The van der Waals surface area contributed by atoms with Crippen LogP contribution in [-0.2, 0) is 11.2 Å². The normalized spacial score (nSPS) is 38.6. The molecule has 158 valence electrons. The van der Waals surface area contributed by atoms with Gasteiger partial charge in [0.05, 0.1) is 6.33 Å². The van der Waals surface area contributed by atoms with Gasteiger partial charge in [0, 0.05) is 42.4 Å². The highest BCUT2D eigenvalue weighted by atomic mass is 16.2. The Kier molecular flexibility index (Phi) is 4.32. The third-order valence-corrected chi connectivity index (χ3v) is 9.54. The van der Waals surface area contributed by atoms with Gasteiger partial charge in [0.25, 0.3) is 5.91 Å². The third kappa shape index (κ3) is 2.77. The summed E-state index contributed by atoms with van der Waals surface area (Å²) >= 11 is 0. The minimum Gasteiger partial charge on any atom is -0.348 e. The zero-order valence-corrected chi connectivity index (χ0v) is 18.7. The summed E-state index contributed by atoms with van der Waals surface area (Å²) in [5, 5.41) is 0. The van der Waals surface area contributed by atoms with Gasteiger partial charge in [-0.3, -0.25) is 4.79 Å². The van der Waals surface area contributed by atoms with Gasteiger partial charge in [0.2, 0.25) is 0 Å². The van der Waals surface area contributed by atoms with Gasteiger partial charge in [-0.15, -0.1) is 0 Å². The fraction of sp³-hybridized carbons (Fsp3) is 0.760. The second kappa shape index (κ2) is 6.46. The molecule has 4 nitrogen and oxygen atoms in total. The minimum atomic E-state index is 0.0755. The highest BCUT2D eigenvalue weighted by Crippen LogP contribution is 2.68. The van der Waals surface area contributed by atoms with E-state index in [0.29, 0.717) is 22.7 Å². The number of nitrogens with zero attached hydrogens (tertiary/aromatic N) is 2. The van der Waals surface area contributed by atoms with Gasteiger partial charge >= 0.3 is 0 Å². The van der Waals surface area contributed by atoms with E-state index in [9.17, 15) is 4.79 Å². The first-order valence-electron chi connectivity index (χ1n) is 11.7. The SMILES string of the molecule is CC1(C)CCC[C@]2(C)[C@H]3CCC4=C(C(=O)N(CCc5cnc[nH]5)C4)[C@]3(C)CC[C@@H]12. The van der Waals surface area contributed by atoms with Gasteiger partial charge in [-0.1, -0.05) is 34.1 Å². The lowest BCUT2D eigenvalue weighted by Crippen LogP contribution is -2.56. The van der Waals surface area contributed by atoms with Crippen LogP contribution in [-0.4, -0.2) is 33.9 Å². The number of amides is 1. The summed E-state index contributed by atoms with van der Waals surface area (Å²) in [7, 11) is 0. The van der Waals surface area contributed by atoms with E-state index in [4.69, 9.17) is 0 Å². The first-order valence-corrected chi connectivity index (χ1v) is 11.7. The Morgan fingerprint density at radius 1 is 1.14 bits per heavy atom. The van der Waals surface area contributed by atoms with E-state index in [-0.39, 0.29) is 5.41 Å². The zero-order chi connectivity index (χ0) is 20.4. The molecule has 0 unspecified atom stereocenters. The fourth-order valence-electron chi connectivity index (χ4n) is 8.32. The largest absolute Gasteiger partial charge is 0.348 e. The number of aromatic nitrogens is 2. The Morgan fingerprint density at radius 2 is 1.97 bits per heavy atom. The van der Waals surface area contributed by atoms with Crippen LogP contribution in [0.3, 0.4) is 0 Å². The van der Waals surface area contributed by atoms with Gasteiger partial charge in [0.1, 0.15) is 0 Å². The Hall–Kier alpha value is -1.58. The van der Waals surface area contributed by atoms with E-state index in [1.165, 1.54) is 49.7 Å². The summed E-state index contributed by atoms with van der Waals surface area (Å²) in [4.78, 5) is 23.0. The van der Waals surface area contributed by atoms with Crippen LogP contribution in [0.15, 0.2) is 23.7 Å². The molecule has 29 heavy (non-hydrogen) atoms. The molecule has 5 rings (SSSR count). The maximum Gasteiger partial charge on any atom is 0.250 e. The summed E-state index contributed by atoms with van der Waals surface area (Å²) < 4.78 is 0. The molecular weight excluding hydrogens is 358 g/mol. The zero-order valence-electron chi connectivity index (χ0n) is 18.7. The fourth-order valence-corrected chi connectivity index (χ4v) is 8.32. The Labute approximate surface area is 175 Å². The molecule has 1 aromatic rings. The van der Waals surface area contributed by atoms with Crippen molar-refractivity contribution in [3.63, 3.8) is 0 Å². The number of fused-ring (bicyclic) bond motifs is 4. The molecule has 2 fully saturated rings. The second-order valence-corrected chi connectivity index (χ2v) is 11.5. The van der Waals surface area contributed by atoms with Crippen LogP contribution >= 0.6 is 0 Å². The van der Waals surface area contributed by atoms with Crippen molar-refractivity contribution in [2.24, 2.45) is 28.1 Å². The lowest BCUT2D eigenvalue weighted by atomic mass is 9.40. The van der Waals surface area contributed by atoms with Crippen molar-refractivity contribution in [2.75, 3.05) is 13.1 Å². The maximum absolute atomic E-state index is 13.6. The predicted octanol–water partition coefficient (Wildman–Crippen LogP) is 5.13. The van der Waals surface area contributed by atoms with Gasteiger partial charge in [-0.25, -0.2) is 4.98 Å². The van der Waals surface area contributed by atoms with Crippen molar-refractivity contribution in [3.05, 3.63) is 29.4 Å². The van der Waals surface area contributed by atoms with Crippen molar-refractivity contribution in [1.29, 1.82) is 0 Å². The Bertz CT molecular complexity index is 838. The molecule has 0 bridgehead atoms. The Morgan fingerprint density at radius 3 is 2.72 bits per heavy atom. The summed E-state index contributed by atoms with van der Waals surface area (Å²) in [5.41, 5.74) is 4.70. The summed E-state index contributed by atoms with van der Waals surface area (Å²) in [6.07, 6.45) is 13.4. The van der Waals surface area contributed by atoms with Crippen LogP contribution in [0.5, 0.6) is 0 Å². The molecule has 1 N–H and O–H groups in total. The van der Waals surface area contributed by atoms with Crippen molar-refractivity contribution < 1.29 is 4.79 Å². The summed E-state index contributed by atoms with van der Waals surface area (Å²) in [6.45, 7) is 11.7. The van der Waals surface area contributed by atoms with Crippen LogP contribution < -0.4 is 0 Å². The number of carbonyl (C=O) groups is 1. The van der Waals surface area contributed by atoms with Crippen molar-refractivity contribution >= 4 is 5.91 Å². The van der Waals surface area contributed by atoms with Gasteiger partial charge < -0.3 is 9.88 Å². The molecule has 0 spiro atoms. The number of hydrogen-bond acceptors (Lipinski definition) is 2. The topological polar surface area (TPSA) is 49.0 Å². The van der Waals surface area contributed by atoms with Crippen molar-refractivity contribution in [2.45, 2.75) is 79.1 Å².